The van der Waals surface area contributed by atoms with E-state index in [0.29, 0.717) is 24.2 Å². The van der Waals surface area contributed by atoms with Gasteiger partial charge < -0.3 is 10.7 Å². The van der Waals surface area contributed by atoms with Crippen molar-refractivity contribution >= 4 is 5.95 Å². The summed E-state index contributed by atoms with van der Waals surface area (Å²) in [7, 11) is 0. The average Bonchev–Trinajstić information content (AvgIpc) is 2.82. The first-order chi connectivity index (χ1) is 9.86. The molecule has 0 amide bonds. The number of hydrogen-bond acceptors (Lipinski definition) is 2. The number of nitrogens with one attached hydrogen (secondary N) is 1. The zero-order chi connectivity index (χ0) is 15.4. The summed E-state index contributed by atoms with van der Waals surface area (Å²) < 4.78 is 13.7. The number of H-pyrrole nitrogens is 1. The lowest BCUT2D eigenvalue weighted by Crippen LogP contribution is -1.94. The first kappa shape index (κ1) is 14.1. The van der Waals surface area contributed by atoms with Gasteiger partial charge in [-0.15, -0.1) is 0 Å². The van der Waals surface area contributed by atoms with Crippen LogP contribution >= 0.6 is 0 Å². The van der Waals surface area contributed by atoms with E-state index < -0.39 is 0 Å². The van der Waals surface area contributed by atoms with Crippen LogP contribution < -0.4 is 5.73 Å². The molecule has 0 saturated heterocycles. The molecular weight excluding hydrogens is 265 g/mol. The Morgan fingerprint density at radius 3 is 2.62 bits per heavy atom. The lowest BCUT2D eigenvalue weighted by Gasteiger charge is -2.06. The van der Waals surface area contributed by atoms with Gasteiger partial charge in [0.25, 0.3) is 0 Å². The minimum atomic E-state index is -0.114. The smallest absolute Gasteiger partial charge is 0.197 e. The predicted octanol–water partition coefficient (Wildman–Crippen LogP) is 3.91. The molecule has 3 nitrogen and oxygen atoms in total. The first-order valence-electron chi connectivity index (χ1n) is 7.46. The normalized spacial score (nSPS) is 23.3. The molecule has 1 fully saturated rings. The molecule has 1 aromatic carbocycles. The van der Waals surface area contributed by atoms with Crippen molar-refractivity contribution in [2.45, 2.75) is 46.0 Å². The summed E-state index contributed by atoms with van der Waals surface area (Å²) in [6.07, 6.45) is 0.714. The topological polar surface area (TPSA) is 54.7 Å². The quantitative estimate of drug-likeness (QED) is 0.899. The van der Waals surface area contributed by atoms with Crippen LogP contribution in [0.1, 0.15) is 55.1 Å². The van der Waals surface area contributed by atoms with Gasteiger partial charge in [-0.1, -0.05) is 32.9 Å². The zero-order valence-electron chi connectivity index (χ0n) is 13.0. The number of aromatic nitrogens is 2. The Morgan fingerprint density at radius 2 is 2.05 bits per heavy atom. The summed E-state index contributed by atoms with van der Waals surface area (Å²) in [4.78, 5) is 7.53. The number of halogens is 1. The summed E-state index contributed by atoms with van der Waals surface area (Å²) in [6, 6.07) is 5.50. The van der Waals surface area contributed by atoms with Crippen LogP contribution in [0.3, 0.4) is 0 Å². The molecule has 4 heteroatoms. The van der Waals surface area contributed by atoms with Crippen LogP contribution in [0, 0.1) is 18.2 Å². The van der Waals surface area contributed by atoms with Crippen LogP contribution in [0.15, 0.2) is 18.2 Å². The van der Waals surface area contributed by atoms with E-state index in [-0.39, 0.29) is 11.2 Å². The number of rotatable bonds is 3. The molecule has 0 aliphatic heterocycles. The van der Waals surface area contributed by atoms with Crippen molar-refractivity contribution in [1.29, 1.82) is 0 Å². The Kier molecular flexibility index (Phi) is 3.08. The fourth-order valence-corrected chi connectivity index (χ4v) is 3.63. The van der Waals surface area contributed by atoms with Gasteiger partial charge in [-0.2, -0.15) is 0 Å². The maximum absolute atomic E-state index is 13.7. The van der Waals surface area contributed by atoms with Crippen LogP contribution in [0.4, 0.5) is 10.3 Å². The third kappa shape index (κ3) is 2.13. The highest BCUT2D eigenvalue weighted by atomic mass is 19.1. The molecule has 2 atom stereocenters. The Morgan fingerprint density at radius 1 is 1.33 bits per heavy atom. The summed E-state index contributed by atoms with van der Waals surface area (Å²) in [5, 5.41) is 0. The second-order valence-electron chi connectivity index (χ2n) is 6.61. The second-order valence-corrected chi connectivity index (χ2v) is 6.61. The molecule has 0 radical (unpaired) electrons. The molecular formula is C17H22FN3. The summed E-state index contributed by atoms with van der Waals surface area (Å²) >= 11 is 0. The maximum Gasteiger partial charge on any atom is 0.197 e. The van der Waals surface area contributed by atoms with Crippen molar-refractivity contribution in [1.82, 2.24) is 9.97 Å². The van der Waals surface area contributed by atoms with Gasteiger partial charge in [0.2, 0.25) is 0 Å². The summed E-state index contributed by atoms with van der Waals surface area (Å²) in [5.74, 6) is 1.06. The third-order valence-electron chi connectivity index (χ3n) is 4.87. The average molecular weight is 287 g/mol. The predicted molar refractivity (Wildman–Crippen MR) is 82.8 cm³/mol. The van der Waals surface area contributed by atoms with E-state index in [1.165, 1.54) is 5.56 Å². The van der Waals surface area contributed by atoms with Crippen LogP contribution in [-0.2, 0) is 6.42 Å². The molecule has 1 aliphatic carbocycles. The van der Waals surface area contributed by atoms with Crippen LogP contribution in [0.25, 0.3) is 0 Å². The van der Waals surface area contributed by atoms with Gasteiger partial charge in [0, 0.05) is 11.6 Å². The highest BCUT2D eigenvalue weighted by Gasteiger charge is 2.60. The zero-order valence-corrected chi connectivity index (χ0v) is 13.0. The monoisotopic (exact) mass is 287 g/mol. The van der Waals surface area contributed by atoms with Crippen molar-refractivity contribution in [3.8, 4) is 0 Å². The van der Waals surface area contributed by atoms with Crippen LogP contribution in [0.5, 0.6) is 0 Å². The molecule has 1 aromatic heterocycles. The molecule has 1 saturated carbocycles. The number of hydrogen-bond donors (Lipinski definition) is 2. The standard InChI is InChI=1S/C17H22FN3/c1-5-10-8-11(6-7-12(10)18)13-14(17(13,3)4)15-9(2)20-16(19)21-15/h6-8,13-14H,5H2,1-4H3,(H3,19,20,21)/t13-,14+/m1/s1. The molecule has 0 spiro atoms. The van der Waals surface area contributed by atoms with Gasteiger partial charge in [0.15, 0.2) is 5.95 Å². The summed E-state index contributed by atoms with van der Waals surface area (Å²) in [5.41, 5.74) is 9.95. The Balaban J connectivity index is 1.98. The molecule has 3 N–H and O–H groups in total. The Bertz CT molecular complexity index is 687. The van der Waals surface area contributed by atoms with E-state index in [2.05, 4.69) is 23.8 Å². The number of anilines is 1. The molecule has 0 bridgehead atoms. The van der Waals surface area contributed by atoms with Crippen molar-refractivity contribution in [2.75, 3.05) is 5.73 Å². The van der Waals surface area contributed by atoms with Gasteiger partial charge in [-0.05, 0) is 41.9 Å². The number of aryl methyl sites for hydroxylation is 2. The number of nitrogens with zero attached hydrogens (tertiary/aromatic N) is 1. The van der Waals surface area contributed by atoms with E-state index in [4.69, 9.17) is 5.73 Å². The van der Waals surface area contributed by atoms with Gasteiger partial charge >= 0.3 is 0 Å². The van der Waals surface area contributed by atoms with Crippen LogP contribution in [-0.4, -0.2) is 9.97 Å². The molecule has 112 valence electrons. The Labute approximate surface area is 124 Å². The molecule has 1 heterocycles. The third-order valence-corrected chi connectivity index (χ3v) is 4.87. The minimum absolute atomic E-state index is 0.114. The number of nitrogens with two attached hydrogens (primary N) is 1. The minimum Gasteiger partial charge on any atom is -0.369 e. The number of aromatic amines is 1. The van der Waals surface area contributed by atoms with Gasteiger partial charge in [-0.3, -0.25) is 0 Å². The number of benzene rings is 1. The lowest BCUT2D eigenvalue weighted by atomic mass is 10.00. The van der Waals surface area contributed by atoms with Gasteiger partial charge in [-0.25, -0.2) is 9.37 Å². The first-order valence-corrected chi connectivity index (χ1v) is 7.46. The van der Waals surface area contributed by atoms with Gasteiger partial charge in [0.1, 0.15) is 5.82 Å². The highest BCUT2D eigenvalue weighted by Crippen LogP contribution is 2.70. The second kappa shape index (κ2) is 4.58. The molecule has 3 rings (SSSR count). The summed E-state index contributed by atoms with van der Waals surface area (Å²) in [6.45, 7) is 8.46. The lowest BCUT2D eigenvalue weighted by molar-refractivity contribution is 0.593. The van der Waals surface area contributed by atoms with E-state index in [9.17, 15) is 4.39 Å². The molecule has 0 unspecified atom stereocenters. The van der Waals surface area contributed by atoms with E-state index in [1.54, 1.807) is 6.07 Å². The van der Waals surface area contributed by atoms with Crippen molar-refractivity contribution in [3.05, 3.63) is 46.5 Å². The highest BCUT2D eigenvalue weighted by molar-refractivity contribution is 5.44. The molecule has 1 aliphatic rings. The largest absolute Gasteiger partial charge is 0.369 e. The fraction of sp³-hybridized carbons (Fsp3) is 0.471. The number of imidazole rings is 1. The Hall–Kier alpha value is -1.84. The molecule has 2 aromatic rings. The fourth-order valence-electron chi connectivity index (χ4n) is 3.63. The van der Waals surface area contributed by atoms with Crippen molar-refractivity contribution in [2.24, 2.45) is 5.41 Å². The van der Waals surface area contributed by atoms with E-state index >= 15 is 0 Å². The van der Waals surface area contributed by atoms with Crippen LogP contribution in [0.2, 0.25) is 0 Å². The number of nitrogen functional groups attached to an aromatic ring is 1. The van der Waals surface area contributed by atoms with Crippen molar-refractivity contribution in [3.63, 3.8) is 0 Å². The van der Waals surface area contributed by atoms with E-state index in [1.807, 2.05) is 26.0 Å². The SMILES string of the molecule is CCc1cc([C@@H]2[C@@H](c3nc(N)[nH]c3C)C2(C)C)ccc1F. The van der Waals surface area contributed by atoms with Gasteiger partial charge in [0.05, 0.1) is 5.69 Å². The van der Waals surface area contributed by atoms with E-state index in [0.717, 1.165) is 17.0 Å². The maximum atomic E-state index is 13.7. The van der Waals surface area contributed by atoms with Crippen molar-refractivity contribution < 1.29 is 4.39 Å². The molecule has 21 heavy (non-hydrogen) atoms.